The number of aliphatic hydroxyl groups excluding tert-OH is 1. The molecule has 0 aliphatic carbocycles. The lowest BCUT2D eigenvalue weighted by molar-refractivity contribution is -0.135. The van der Waals surface area contributed by atoms with Gasteiger partial charge >= 0.3 is 0 Å². The minimum atomic E-state index is -0.272. The first-order valence-corrected chi connectivity index (χ1v) is 8.02. The van der Waals surface area contributed by atoms with Crippen molar-refractivity contribution in [3.8, 4) is 0 Å². The first kappa shape index (κ1) is 20.4. The Balaban J connectivity index is 0.00000191. The predicted molar refractivity (Wildman–Crippen MR) is 89.2 cm³/mol. The van der Waals surface area contributed by atoms with Crippen LogP contribution in [0.2, 0.25) is 0 Å². The fraction of sp³-hybridized carbons (Fsp3) is 0.941. The third-order valence-electron chi connectivity index (χ3n) is 4.20. The highest BCUT2D eigenvalue weighted by Gasteiger charge is 2.48. The molecule has 4 nitrogen and oxygen atoms in total. The Morgan fingerprint density at radius 2 is 1.57 bits per heavy atom. The van der Waals surface area contributed by atoms with E-state index in [0.29, 0.717) is 5.92 Å². The van der Waals surface area contributed by atoms with E-state index in [1.165, 1.54) is 0 Å². The number of hydrogen-bond acceptors (Lipinski definition) is 3. The minimum absolute atomic E-state index is 0.00418. The van der Waals surface area contributed by atoms with Crippen molar-refractivity contribution < 1.29 is 9.90 Å². The SMILES string of the molecule is CCC(C)CNC(=O)C1(C)CC(C)(C)NC(C)(C)C1.CO. The molecule has 0 spiro atoms. The van der Waals surface area contributed by atoms with Crippen molar-refractivity contribution in [2.75, 3.05) is 13.7 Å². The van der Waals surface area contributed by atoms with Gasteiger partial charge in [0.1, 0.15) is 0 Å². The molecule has 1 saturated heterocycles. The van der Waals surface area contributed by atoms with E-state index in [-0.39, 0.29) is 22.4 Å². The molecule has 1 atom stereocenters. The average molecular weight is 300 g/mol. The molecule has 0 aromatic heterocycles. The lowest BCUT2D eigenvalue weighted by Crippen LogP contribution is -2.63. The zero-order chi connectivity index (χ0) is 16.9. The molecular formula is C17H36N2O2. The van der Waals surface area contributed by atoms with Gasteiger partial charge in [-0.3, -0.25) is 4.79 Å². The Bertz CT molecular complexity index is 322. The van der Waals surface area contributed by atoms with Crippen LogP contribution in [0.15, 0.2) is 0 Å². The molecule has 0 radical (unpaired) electrons. The number of aliphatic hydroxyl groups is 1. The van der Waals surface area contributed by atoms with E-state index < -0.39 is 0 Å². The van der Waals surface area contributed by atoms with E-state index >= 15 is 0 Å². The van der Waals surface area contributed by atoms with Gasteiger partial charge in [-0.2, -0.15) is 0 Å². The van der Waals surface area contributed by atoms with Crippen LogP contribution in [0.1, 0.15) is 67.7 Å². The molecule has 0 bridgehead atoms. The monoisotopic (exact) mass is 300 g/mol. The van der Waals surface area contributed by atoms with Gasteiger partial charge in [-0.25, -0.2) is 0 Å². The summed E-state index contributed by atoms with van der Waals surface area (Å²) >= 11 is 0. The average Bonchev–Trinajstić information content (AvgIpc) is 2.33. The summed E-state index contributed by atoms with van der Waals surface area (Å²) in [7, 11) is 1.00. The van der Waals surface area contributed by atoms with Gasteiger partial charge in [-0.15, -0.1) is 0 Å². The maximum absolute atomic E-state index is 12.6. The van der Waals surface area contributed by atoms with E-state index in [9.17, 15) is 4.79 Å². The molecule has 0 saturated carbocycles. The van der Waals surface area contributed by atoms with Crippen LogP contribution in [-0.2, 0) is 4.79 Å². The Morgan fingerprint density at radius 3 is 1.95 bits per heavy atom. The van der Waals surface area contributed by atoms with Crippen LogP contribution in [0.3, 0.4) is 0 Å². The molecule has 21 heavy (non-hydrogen) atoms. The van der Waals surface area contributed by atoms with Gasteiger partial charge in [0.2, 0.25) is 5.91 Å². The molecule has 1 amide bonds. The van der Waals surface area contributed by atoms with Crippen molar-refractivity contribution in [3.05, 3.63) is 0 Å². The van der Waals surface area contributed by atoms with E-state index in [1.54, 1.807) is 0 Å². The van der Waals surface area contributed by atoms with E-state index in [2.05, 4.69) is 59.1 Å². The van der Waals surface area contributed by atoms with E-state index in [0.717, 1.165) is 32.9 Å². The Labute approximate surface area is 131 Å². The largest absolute Gasteiger partial charge is 0.400 e. The van der Waals surface area contributed by atoms with Gasteiger partial charge in [0, 0.05) is 30.1 Å². The van der Waals surface area contributed by atoms with Gasteiger partial charge < -0.3 is 15.7 Å². The van der Waals surface area contributed by atoms with Gasteiger partial charge in [0.05, 0.1) is 0 Å². The summed E-state index contributed by atoms with van der Waals surface area (Å²) in [5, 5.41) is 13.8. The zero-order valence-corrected chi connectivity index (χ0v) is 15.3. The normalized spacial score (nSPS) is 23.5. The molecule has 0 aromatic carbocycles. The zero-order valence-electron chi connectivity index (χ0n) is 15.3. The highest BCUT2D eigenvalue weighted by molar-refractivity contribution is 5.82. The Morgan fingerprint density at radius 1 is 1.14 bits per heavy atom. The molecule has 4 heteroatoms. The van der Waals surface area contributed by atoms with Crippen molar-refractivity contribution >= 4 is 5.91 Å². The van der Waals surface area contributed by atoms with Crippen molar-refractivity contribution in [2.24, 2.45) is 11.3 Å². The fourth-order valence-corrected chi connectivity index (χ4v) is 3.80. The maximum atomic E-state index is 12.6. The van der Waals surface area contributed by atoms with Crippen molar-refractivity contribution in [1.82, 2.24) is 10.6 Å². The standard InChI is InChI=1S/C16H32N2O.CH4O/c1-8-12(2)9-17-13(19)16(7)10-14(3,4)18-15(5,6)11-16;1-2/h12,18H,8-11H2,1-7H3,(H,17,19);2H,1H3. The number of hydrogen-bond donors (Lipinski definition) is 3. The topological polar surface area (TPSA) is 61.4 Å². The lowest BCUT2D eigenvalue weighted by atomic mass is 9.66. The molecule has 1 aliphatic rings. The first-order valence-electron chi connectivity index (χ1n) is 8.02. The van der Waals surface area contributed by atoms with E-state index in [4.69, 9.17) is 5.11 Å². The van der Waals surface area contributed by atoms with E-state index in [1.807, 2.05) is 0 Å². The lowest BCUT2D eigenvalue weighted by Gasteiger charge is -2.50. The van der Waals surface area contributed by atoms with Crippen LogP contribution in [0.25, 0.3) is 0 Å². The Kier molecular flexibility index (Phi) is 7.37. The predicted octanol–water partition coefficient (Wildman–Crippen LogP) is 2.70. The summed E-state index contributed by atoms with van der Waals surface area (Å²) in [6, 6.07) is 0. The van der Waals surface area contributed by atoms with Crippen LogP contribution in [-0.4, -0.2) is 35.7 Å². The molecule has 3 N–H and O–H groups in total. The van der Waals surface area contributed by atoms with Crippen molar-refractivity contribution in [1.29, 1.82) is 0 Å². The van der Waals surface area contributed by atoms with Crippen LogP contribution < -0.4 is 10.6 Å². The third-order valence-corrected chi connectivity index (χ3v) is 4.20. The number of carbonyl (C=O) groups excluding carboxylic acids is 1. The molecule has 1 unspecified atom stereocenters. The number of carbonyl (C=O) groups is 1. The van der Waals surface area contributed by atoms with Crippen molar-refractivity contribution in [2.45, 2.75) is 78.8 Å². The van der Waals surface area contributed by atoms with Crippen LogP contribution in [0.5, 0.6) is 0 Å². The summed E-state index contributed by atoms with van der Waals surface area (Å²) in [6.45, 7) is 16.0. The van der Waals surface area contributed by atoms with Crippen LogP contribution in [0.4, 0.5) is 0 Å². The molecule has 0 aromatic rings. The molecule has 1 fully saturated rings. The maximum Gasteiger partial charge on any atom is 0.226 e. The second-order valence-electron chi connectivity index (χ2n) is 8.03. The summed E-state index contributed by atoms with van der Waals surface area (Å²) in [4.78, 5) is 12.6. The smallest absolute Gasteiger partial charge is 0.226 e. The summed E-state index contributed by atoms with van der Waals surface area (Å²) in [5.74, 6) is 0.769. The highest BCUT2D eigenvalue weighted by atomic mass is 16.2. The number of amides is 1. The van der Waals surface area contributed by atoms with Gasteiger partial charge in [0.25, 0.3) is 0 Å². The first-order chi connectivity index (χ1) is 9.50. The third kappa shape index (κ3) is 6.35. The molecule has 1 rings (SSSR count). The Hall–Kier alpha value is -0.610. The molecular weight excluding hydrogens is 264 g/mol. The minimum Gasteiger partial charge on any atom is -0.400 e. The molecule has 1 aliphatic heterocycles. The fourth-order valence-electron chi connectivity index (χ4n) is 3.80. The second-order valence-corrected chi connectivity index (χ2v) is 8.03. The molecule has 126 valence electrons. The summed E-state index contributed by atoms with van der Waals surface area (Å²) in [6.07, 6.45) is 2.88. The van der Waals surface area contributed by atoms with Crippen molar-refractivity contribution in [3.63, 3.8) is 0 Å². The number of piperidine rings is 1. The van der Waals surface area contributed by atoms with Gasteiger partial charge in [-0.1, -0.05) is 27.2 Å². The second kappa shape index (κ2) is 7.59. The summed E-state index contributed by atoms with van der Waals surface area (Å²) in [5.41, 5.74) is -0.264. The summed E-state index contributed by atoms with van der Waals surface area (Å²) < 4.78 is 0. The van der Waals surface area contributed by atoms with Crippen LogP contribution >= 0.6 is 0 Å². The highest BCUT2D eigenvalue weighted by Crippen LogP contribution is 2.42. The molecule has 1 heterocycles. The number of nitrogens with one attached hydrogen (secondary N) is 2. The van der Waals surface area contributed by atoms with Gasteiger partial charge in [-0.05, 0) is 46.5 Å². The number of rotatable bonds is 4. The van der Waals surface area contributed by atoms with Crippen LogP contribution in [0, 0.1) is 11.3 Å². The van der Waals surface area contributed by atoms with Gasteiger partial charge in [0.15, 0.2) is 0 Å². The quantitative estimate of drug-likeness (QED) is 0.748.